The van der Waals surface area contributed by atoms with Gasteiger partial charge >= 0.3 is 5.97 Å². The Morgan fingerprint density at radius 1 is 1.16 bits per heavy atom. The van der Waals surface area contributed by atoms with Crippen molar-refractivity contribution < 1.29 is 14.7 Å². The van der Waals surface area contributed by atoms with Crippen LogP contribution in [0.25, 0.3) is 0 Å². The van der Waals surface area contributed by atoms with E-state index in [1.54, 1.807) is 12.2 Å². The van der Waals surface area contributed by atoms with E-state index < -0.39 is 11.9 Å². The van der Waals surface area contributed by atoms with Crippen LogP contribution in [0.4, 0.5) is 0 Å². The minimum Gasteiger partial charge on any atom is -0.481 e. The molecule has 0 saturated heterocycles. The smallest absolute Gasteiger partial charge is 0.310 e. The predicted octanol–water partition coefficient (Wildman–Crippen LogP) is 2.88. The van der Waals surface area contributed by atoms with Gasteiger partial charge in [-0.1, -0.05) is 51.2 Å². The summed E-state index contributed by atoms with van der Waals surface area (Å²) in [4.78, 5) is 22.4. The van der Waals surface area contributed by atoms with Crippen molar-refractivity contribution in [2.75, 3.05) is 0 Å². The highest BCUT2D eigenvalue weighted by Crippen LogP contribution is 2.18. The molecule has 0 radical (unpaired) electrons. The van der Waals surface area contributed by atoms with E-state index >= 15 is 0 Å². The number of carboxylic acids is 1. The van der Waals surface area contributed by atoms with Crippen molar-refractivity contribution in [2.24, 2.45) is 5.92 Å². The van der Waals surface area contributed by atoms with E-state index in [0.29, 0.717) is 12.8 Å². The summed E-state index contributed by atoms with van der Waals surface area (Å²) in [5.74, 6) is -1.22. The lowest BCUT2D eigenvalue weighted by molar-refractivity contribution is -0.140. The van der Waals surface area contributed by atoms with Crippen molar-refractivity contribution in [1.29, 1.82) is 0 Å². The quantitative estimate of drug-likeness (QED) is 0.498. The largest absolute Gasteiger partial charge is 0.481 e. The van der Waals surface area contributed by atoms with Gasteiger partial charge in [-0.05, 0) is 12.8 Å². The first kappa shape index (κ1) is 15.7. The Morgan fingerprint density at radius 2 is 1.84 bits per heavy atom. The zero-order valence-corrected chi connectivity index (χ0v) is 11.7. The third kappa shape index (κ3) is 6.41. The molecule has 1 rings (SSSR count). The number of amides is 1. The topological polar surface area (TPSA) is 66.4 Å². The number of hydrogen-bond donors (Lipinski definition) is 2. The van der Waals surface area contributed by atoms with Gasteiger partial charge in [0.25, 0.3) is 0 Å². The van der Waals surface area contributed by atoms with Crippen molar-refractivity contribution in [3.63, 3.8) is 0 Å². The summed E-state index contributed by atoms with van der Waals surface area (Å²) in [5, 5.41) is 11.7. The summed E-state index contributed by atoms with van der Waals surface area (Å²) in [7, 11) is 0. The molecular weight excluding hydrogens is 242 g/mol. The molecule has 1 aliphatic carbocycles. The molecule has 2 atom stereocenters. The van der Waals surface area contributed by atoms with Crippen LogP contribution in [0.5, 0.6) is 0 Å². The number of rotatable bonds is 9. The SMILES string of the molecule is CCCCCCCCC(=O)NC1C=CC(C(=O)O)C1. The zero-order chi connectivity index (χ0) is 14.1. The molecular formula is C15H25NO3. The van der Waals surface area contributed by atoms with Crippen molar-refractivity contribution in [1.82, 2.24) is 5.32 Å². The number of carboxylic acid groups (broad SMARTS) is 1. The summed E-state index contributed by atoms with van der Waals surface area (Å²) in [5.41, 5.74) is 0. The molecule has 0 saturated carbocycles. The fraction of sp³-hybridized carbons (Fsp3) is 0.733. The maximum Gasteiger partial charge on any atom is 0.310 e. The van der Waals surface area contributed by atoms with Crippen LogP contribution in [-0.2, 0) is 9.59 Å². The monoisotopic (exact) mass is 267 g/mol. The summed E-state index contributed by atoms with van der Waals surface area (Å²) >= 11 is 0. The van der Waals surface area contributed by atoms with Gasteiger partial charge in [0.15, 0.2) is 0 Å². The maximum absolute atomic E-state index is 11.7. The van der Waals surface area contributed by atoms with E-state index in [1.807, 2.05) is 0 Å². The molecule has 0 bridgehead atoms. The second-order valence-corrected chi connectivity index (χ2v) is 5.26. The van der Waals surface area contributed by atoms with Gasteiger partial charge in [-0.25, -0.2) is 0 Å². The van der Waals surface area contributed by atoms with Crippen LogP contribution < -0.4 is 5.32 Å². The van der Waals surface area contributed by atoms with Crippen LogP contribution in [0.15, 0.2) is 12.2 Å². The lowest BCUT2D eigenvalue weighted by Crippen LogP contribution is -2.33. The average molecular weight is 267 g/mol. The molecule has 0 fully saturated rings. The second kappa shape index (κ2) is 8.73. The Hall–Kier alpha value is -1.32. The maximum atomic E-state index is 11.7. The van der Waals surface area contributed by atoms with Crippen molar-refractivity contribution in [3.05, 3.63) is 12.2 Å². The van der Waals surface area contributed by atoms with Gasteiger partial charge in [0.2, 0.25) is 5.91 Å². The minimum absolute atomic E-state index is 0.0381. The first-order valence-electron chi connectivity index (χ1n) is 7.34. The predicted molar refractivity (Wildman–Crippen MR) is 74.8 cm³/mol. The molecule has 2 unspecified atom stereocenters. The van der Waals surface area contributed by atoms with E-state index in [-0.39, 0.29) is 11.9 Å². The second-order valence-electron chi connectivity index (χ2n) is 5.26. The van der Waals surface area contributed by atoms with Crippen LogP contribution in [0.2, 0.25) is 0 Å². The number of aliphatic carboxylic acids is 1. The van der Waals surface area contributed by atoms with Crippen LogP contribution in [0.1, 0.15) is 58.3 Å². The van der Waals surface area contributed by atoms with Crippen molar-refractivity contribution >= 4 is 11.9 Å². The molecule has 0 heterocycles. The summed E-state index contributed by atoms with van der Waals surface area (Å²) in [6, 6.07) is -0.103. The van der Waals surface area contributed by atoms with Crippen molar-refractivity contribution in [2.45, 2.75) is 64.3 Å². The lowest BCUT2D eigenvalue weighted by Gasteiger charge is -2.12. The normalized spacial score (nSPS) is 21.5. The average Bonchev–Trinajstić information content (AvgIpc) is 2.82. The summed E-state index contributed by atoms with van der Waals surface area (Å²) in [6.07, 6.45) is 11.5. The highest BCUT2D eigenvalue weighted by molar-refractivity contribution is 5.77. The molecule has 2 N–H and O–H groups in total. The third-order valence-corrected chi connectivity index (χ3v) is 3.50. The van der Waals surface area contributed by atoms with E-state index in [0.717, 1.165) is 12.8 Å². The molecule has 108 valence electrons. The molecule has 4 heteroatoms. The number of carbonyl (C=O) groups is 2. The van der Waals surface area contributed by atoms with Crippen LogP contribution in [0, 0.1) is 5.92 Å². The fourth-order valence-electron chi connectivity index (χ4n) is 2.33. The molecule has 1 amide bonds. The molecule has 0 spiro atoms. The third-order valence-electron chi connectivity index (χ3n) is 3.50. The van der Waals surface area contributed by atoms with Gasteiger partial charge in [-0.2, -0.15) is 0 Å². The van der Waals surface area contributed by atoms with Crippen LogP contribution in [-0.4, -0.2) is 23.0 Å². The first-order valence-corrected chi connectivity index (χ1v) is 7.34. The zero-order valence-electron chi connectivity index (χ0n) is 11.7. The number of nitrogens with one attached hydrogen (secondary N) is 1. The minimum atomic E-state index is -0.816. The molecule has 0 aromatic heterocycles. The van der Waals surface area contributed by atoms with Gasteiger partial charge in [-0.3, -0.25) is 9.59 Å². The van der Waals surface area contributed by atoms with Gasteiger partial charge < -0.3 is 10.4 Å². The molecule has 1 aliphatic rings. The van der Waals surface area contributed by atoms with E-state index in [9.17, 15) is 9.59 Å². The lowest BCUT2D eigenvalue weighted by atomic mass is 10.1. The molecule has 4 nitrogen and oxygen atoms in total. The first-order chi connectivity index (χ1) is 9.13. The highest BCUT2D eigenvalue weighted by Gasteiger charge is 2.24. The Balaban J connectivity index is 2.06. The Morgan fingerprint density at radius 3 is 2.47 bits per heavy atom. The molecule has 0 aromatic rings. The summed E-state index contributed by atoms with van der Waals surface area (Å²) < 4.78 is 0. The Bertz CT molecular complexity index is 325. The Labute approximate surface area is 115 Å². The van der Waals surface area contributed by atoms with E-state index in [2.05, 4.69) is 12.2 Å². The Kier molecular flexibility index (Phi) is 7.23. The standard InChI is InChI=1S/C15H25NO3/c1-2-3-4-5-6-7-8-14(17)16-13-10-9-12(11-13)15(18)19/h9-10,12-13H,2-8,11H2,1H3,(H,16,17)(H,18,19). The van der Waals surface area contributed by atoms with Gasteiger partial charge in [-0.15, -0.1) is 0 Å². The molecule has 0 aliphatic heterocycles. The molecule has 19 heavy (non-hydrogen) atoms. The fourth-order valence-corrected chi connectivity index (χ4v) is 2.33. The van der Waals surface area contributed by atoms with Gasteiger partial charge in [0.05, 0.1) is 5.92 Å². The number of hydrogen-bond acceptors (Lipinski definition) is 2. The van der Waals surface area contributed by atoms with Gasteiger partial charge in [0.1, 0.15) is 0 Å². The van der Waals surface area contributed by atoms with Crippen molar-refractivity contribution in [3.8, 4) is 0 Å². The summed E-state index contributed by atoms with van der Waals surface area (Å²) in [6.45, 7) is 2.19. The number of carbonyl (C=O) groups excluding carboxylic acids is 1. The van der Waals surface area contributed by atoms with Gasteiger partial charge in [0, 0.05) is 12.5 Å². The number of unbranched alkanes of at least 4 members (excludes halogenated alkanes) is 5. The van der Waals surface area contributed by atoms with Crippen LogP contribution in [0.3, 0.4) is 0 Å². The highest BCUT2D eigenvalue weighted by atomic mass is 16.4. The van der Waals surface area contributed by atoms with E-state index in [1.165, 1.54) is 25.7 Å². The van der Waals surface area contributed by atoms with Crippen LogP contribution >= 0.6 is 0 Å². The van der Waals surface area contributed by atoms with E-state index in [4.69, 9.17) is 5.11 Å². The molecule has 0 aromatic carbocycles.